The Labute approximate surface area is 495 Å². The Bertz CT molecular complexity index is 1670. The van der Waals surface area contributed by atoms with Crippen molar-refractivity contribution in [1.82, 2.24) is 5.32 Å². The number of carbonyl (C=O) groups is 1. The van der Waals surface area contributed by atoms with E-state index in [1.54, 1.807) is 6.08 Å². The molecule has 3 unspecified atom stereocenters. The Morgan fingerprint density at radius 3 is 1.15 bits per heavy atom. The highest BCUT2D eigenvalue weighted by molar-refractivity contribution is 7.47. The second-order valence-corrected chi connectivity index (χ2v) is 24.9. The zero-order valence-corrected chi connectivity index (χ0v) is 53.7. The topological polar surface area (TPSA) is 105 Å². The highest BCUT2D eigenvalue weighted by atomic mass is 31.2. The lowest BCUT2D eigenvalue weighted by molar-refractivity contribution is -0.870. The molecule has 3 atom stereocenters. The van der Waals surface area contributed by atoms with E-state index in [1.807, 2.05) is 27.2 Å². The number of rotatable bonds is 60. The zero-order chi connectivity index (χ0) is 58.4. The summed E-state index contributed by atoms with van der Waals surface area (Å²) in [5, 5.41) is 13.9. The number of aliphatic hydroxyl groups is 1. The van der Waals surface area contributed by atoms with Gasteiger partial charge in [0.25, 0.3) is 0 Å². The minimum atomic E-state index is -4.36. The number of nitrogens with zero attached hydrogens (tertiary/aromatic N) is 1. The van der Waals surface area contributed by atoms with Crippen LogP contribution in [0.2, 0.25) is 0 Å². The summed E-state index contributed by atoms with van der Waals surface area (Å²) in [5.41, 5.74) is 0. The van der Waals surface area contributed by atoms with Crippen LogP contribution in [0.25, 0.3) is 0 Å². The standard InChI is InChI=1S/C71H127N2O6P/c1-6-8-10-12-14-16-18-20-22-24-26-27-28-29-30-31-32-33-34-35-36-37-38-39-40-41-42-43-44-45-47-49-51-53-55-57-59-61-63-65-71(75)72-69(68-79-80(76,77)78-67-66-73(3,4)5)70(74)64-62-60-58-56-54-52-50-48-46-25-23-21-19-17-15-13-11-9-7-2/h8,10,14,16,20,22,26-27,29-30,32-33,35-36,54,56,62,64,69-70,74H,6-7,9,11-13,15,17-19,21,23-25,28,31,34,37-53,55,57-61,63,65-68H2,1-5H3,(H-,72,75,76,77)/p+1/b10-8-,16-14-,22-20-,27-26-,30-29-,33-32-,36-35-,56-54+,64-62+. The van der Waals surface area contributed by atoms with Crippen molar-refractivity contribution in [3.63, 3.8) is 0 Å². The molecule has 0 bridgehead atoms. The monoisotopic (exact) mass is 1140 g/mol. The molecule has 0 heterocycles. The fourth-order valence-electron chi connectivity index (χ4n) is 9.33. The molecule has 80 heavy (non-hydrogen) atoms. The first kappa shape index (κ1) is 77.2. The average Bonchev–Trinajstić information content (AvgIpc) is 3.42. The van der Waals surface area contributed by atoms with E-state index in [9.17, 15) is 19.4 Å². The Hall–Kier alpha value is -2.84. The fourth-order valence-corrected chi connectivity index (χ4v) is 10.1. The molecule has 0 fully saturated rings. The number of aliphatic hydroxyl groups excluding tert-OH is 1. The summed E-state index contributed by atoms with van der Waals surface area (Å²) < 4.78 is 23.7. The summed E-state index contributed by atoms with van der Waals surface area (Å²) in [6.45, 7) is 4.70. The molecule has 3 N–H and O–H groups in total. The van der Waals surface area contributed by atoms with Gasteiger partial charge in [0.05, 0.1) is 39.9 Å². The molecule has 8 nitrogen and oxygen atoms in total. The first-order valence-electron chi connectivity index (χ1n) is 33.3. The van der Waals surface area contributed by atoms with Crippen LogP contribution in [0, 0.1) is 0 Å². The van der Waals surface area contributed by atoms with Crippen molar-refractivity contribution in [2.24, 2.45) is 0 Å². The number of allylic oxidation sites excluding steroid dienone is 17. The van der Waals surface area contributed by atoms with E-state index in [0.717, 1.165) is 83.5 Å². The molecule has 0 spiro atoms. The second-order valence-electron chi connectivity index (χ2n) is 23.5. The van der Waals surface area contributed by atoms with Gasteiger partial charge in [0.15, 0.2) is 0 Å². The van der Waals surface area contributed by atoms with Gasteiger partial charge in [0.2, 0.25) is 5.91 Å². The highest BCUT2D eigenvalue weighted by Crippen LogP contribution is 2.43. The Morgan fingerprint density at radius 1 is 0.438 bits per heavy atom. The molecule has 0 rings (SSSR count). The molecular weight excluding hydrogens is 1010 g/mol. The molecular formula is C71H128N2O6P+. The molecule has 0 aliphatic heterocycles. The SMILES string of the molecule is CC/C=C\C/C=C\C/C=C\C/C=C\C/C=C\C/C=C\C/C=C\CCCCCCCCCCCCCCCCCCCC(=O)NC(COP(=O)(O)OCC[N+](C)(C)C)C(O)/C=C/CC/C=C/CCCCCCCCCCCCCCC. The van der Waals surface area contributed by atoms with Gasteiger partial charge in [-0.3, -0.25) is 13.8 Å². The molecule has 0 aliphatic rings. The largest absolute Gasteiger partial charge is 0.472 e. The Balaban J connectivity index is 4.05. The van der Waals surface area contributed by atoms with Gasteiger partial charge in [0, 0.05) is 6.42 Å². The molecule has 0 radical (unpaired) electrons. The number of amides is 1. The van der Waals surface area contributed by atoms with Gasteiger partial charge in [-0.2, -0.15) is 0 Å². The van der Waals surface area contributed by atoms with Crippen LogP contribution in [0.1, 0.15) is 284 Å². The molecule has 1 amide bonds. The van der Waals surface area contributed by atoms with E-state index in [2.05, 4.69) is 116 Å². The average molecular weight is 1140 g/mol. The van der Waals surface area contributed by atoms with E-state index < -0.39 is 20.0 Å². The van der Waals surface area contributed by atoms with Crippen LogP contribution < -0.4 is 5.32 Å². The minimum absolute atomic E-state index is 0.0536. The lowest BCUT2D eigenvalue weighted by Gasteiger charge is -2.25. The van der Waals surface area contributed by atoms with E-state index in [0.29, 0.717) is 17.4 Å². The van der Waals surface area contributed by atoms with Crippen LogP contribution >= 0.6 is 7.82 Å². The number of likely N-dealkylation sites (N-methyl/N-ethyl adjacent to an activating group) is 1. The third-order valence-electron chi connectivity index (χ3n) is 14.5. The van der Waals surface area contributed by atoms with Crippen LogP contribution in [0.3, 0.4) is 0 Å². The summed E-state index contributed by atoms with van der Waals surface area (Å²) in [6, 6.07) is -0.869. The van der Waals surface area contributed by atoms with Gasteiger partial charge in [-0.25, -0.2) is 4.57 Å². The third-order valence-corrected chi connectivity index (χ3v) is 15.5. The van der Waals surface area contributed by atoms with Crippen molar-refractivity contribution in [2.75, 3.05) is 40.9 Å². The first-order chi connectivity index (χ1) is 39.0. The van der Waals surface area contributed by atoms with Crippen molar-refractivity contribution >= 4 is 13.7 Å². The summed E-state index contributed by atoms with van der Waals surface area (Å²) in [4.78, 5) is 23.4. The van der Waals surface area contributed by atoms with Crippen LogP contribution in [-0.4, -0.2) is 73.4 Å². The number of carbonyl (C=O) groups excluding carboxylic acids is 1. The zero-order valence-electron chi connectivity index (χ0n) is 52.8. The number of phosphoric ester groups is 1. The van der Waals surface area contributed by atoms with E-state index in [1.165, 1.54) is 180 Å². The smallest absolute Gasteiger partial charge is 0.387 e. The van der Waals surface area contributed by atoms with E-state index >= 15 is 0 Å². The van der Waals surface area contributed by atoms with Crippen molar-refractivity contribution in [3.05, 3.63) is 109 Å². The lowest BCUT2D eigenvalue weighted by Crippen LogP contribution is -2.45. The van der Waals surface area contributed by atoms with Crippen molar-refractivity contribution in [1.29, 1.82) is 0 Å². The number of nitrogens with one attached hydrogen (secondary N) is 1. The third kappa shape index (κ3) is 62.8. The fraction of sp³-hybridized carbons (Fsp3) is 0.732. The van der Waals surface area contributed by atoms with Gasteiger partial charge in [-0.05, 0) is 89.9 Å². The molecule has 0 saturated heterocycles. The first-order valence-corrected chi connectivity index (χ1v) is 34.8. The molecule has 9 heteroatoms. The molecule has 0 aromatic carbocycles. The number of hydrogen-bond acceptors (Lipinski definition) is 5. The number of hydrogen-bond donors (Lipinski definition) is 3. The number of quaternary nitrogens is 1. The van der Waals surface area contributed by atoms with E-state index in [-0.39, 0.29) is 19.1 Å². The van der Waals surface area contributed by atoms with Gasteiger partial charge >= 0.3 is 7.82 Å². The maximum Gasteiger partial charge on any atom is 0.472 e. The summed E-state index contributed by atoms with van der Waals surface area (Å²) in [6.07, 6.45) is 89.4. The molecule has 462 valence electrons. The van der Waals surface area contributed by atoms with Crippen molar-refractivity contribution < 1.29 is 32.9 Å². The Morgan fingerprint density at radius 2 is 0.762 bits per heavy atom. The lowest BCUT2D eigenvalue weighted by atomic mass is 10.0. The predicted octanol–water partition coefficient (Wildman–Crippen LogP) is 21.1. The van der Waals surface area contributed by atoms with Crippen LogP contribution in [0.4, 0.5) is 0 Å². The molecule has 0 saturated carbocycles. The summed E-state index contributed by atoms with van der Waals surface area (Å²) >= 11 is 0. The summed E-state index contributed by atoms with van der Waals surface area (Å²) in [5.74, 6) is -0.187. The molecule has 0 aromatic heterocycles. The van der Waals surface area contributed by atoms with Gasteiger partial charge in [-0.15, -0.1) is 0 Å². The normalized spacial score (nSPS) is 14.4. The van der Waals surface area contributed by atoms with Crippen molar-refractivity contribution in [3.8, 4) is 0 Å². The quantitative estimate of drug-likeness (QED) is 0.0243. The second kappa shape index (κ2) is 60.7. The van der Waals surface area contributed by atoms with Crippen LogP contribution in [0.15, 0.2) is 109 Å². The highest BCUT2D eigenvalue weighted by Gasteiger charge is 2.27. The van der Waals surface area contributed by atoms with Crippen molar-refractivity contribution in [2.45, 2.75) is 296 Å². The van der Waals surface area contributed by atoms with Gasteiger partial charge < -0.3 is 19.8 Å². The predicted molar refractivity (Wildman–Crippen MR) is 350 cm³/mol. The minimum Gasteiger partial charge on any atom is -0.387 e. The van der Waals surface area contributed by atoms with Crippen LogP contribution in [-0.2, 0) is 18.4 Å². The van der Waals surface area contributed by atoms with Gasteiger partial charge in [0.1, 0.15) is 13.2 Å². The van der Waals surface area contributed by atoms with E-state index in [4.69, 9.17) is 9.05 Å². The number of phosphoric acid groups is 1. The van der Waals surface area contributed by atoms with Gasteiger partial charge in [-0.1, -0.05) is 297 Å². The van der Waals surface area contributed by atoms with Crippen LogP contribution in [0.5, 0.6) is 0 Å². The maximum absolute atomic E-state index is 13.0. The molecule has 0 aliphatic carbocycles. The molecule has 0 aromatic rings. The summed E-state index contributed by atoms with van der Waals surface area (Å²) in [7, 11) is 1.55. The number of unbranched alkanes of at least 4 members (excludes halogenated alkanes) is 31. The maximum atomic E-state index is 13.0. The Kier molecular flexibility index (Phi) is 58.6.